The Morgan fingerprint density at radius 3 is 2.22 bits per heavy atom. The lowest BCUT2D eigenvalue weighted by atomic mass is 9.89. The Kier molecular flexibility index (Phi) is 5.66. The van der Waals surface area contributed by atoms with Crippen LogP contribution in [0.2, 0.25) is 0 Å². The molecular weight excluding hydrogens is 246 g/mol. The van der Waals surface area contributed by atoms with E-state index in [0.29, 0.717) is 11.7 Å². The lowest BCUT2D eigenvalue weighted by molar-refractivity contribution is 0.321. The first-order chi connectivity index (χ1) is 8.28. The fourth-order valence-electron chi connectivity index (χ4n) is 2.81. The quantitative estimate of drug-likeness (QED) is 0.810. The summed E-state index contributed by atoms with van der Waals surface area (Å²) in [6.45, 7) is 6.34. The van der Waals surface area contributed by atoms with Crippen molar-refractivity contribution in [2.75, 3.05) is 19.3 Å². The minimum atomic E-state index is -2.97. The van der Waals surface area contributed by atoms with Gasteiger partial charge in [0.25, 0.3) is 0 Å². The SMILES string of the molecule is CNCC(CCS(=O)(=O)C(C)(C)C)C1CCCC1. The van der Waals surface area contributed by atoms with E-state index in [9.17, 15) is 8.42 Å². The van der Waals surface area contributed by atoms with Crippen LogP contribution in [-0.2, 0) is 9.84 Å². The van der Waals surface area contributed by atoms with Gasteiger partial charge in [0.15, 0.2) is 9.84 Å². The number of hydrogen-bond acceptors (Lipinski definition) is 3. The Balaban J connectivity index is 2.57. The van der Waals surface area contributed by atoms with Crippen molar-refractivity contribution in [2.45, 2.75) is 57.6 Å². The molecule has 1 aliphatic rings. The summed E-state index contributed by atoms with van der Waals surface area (Å²) in [7, 11) is -1.01. The average Bonchev–Trinajstić information content (AvgIpc) is 2.75. The average molecular weight is 275 g/mol. The molecule has 0 amide bonds. The second-order valence-electron chi connectivity index (χ2n) is 6.58. The highest BCUT2D eigenvalue weighted by Gasteiger charge is 2.31. The Morgan fingerprint density at radius 2 is 1.78 bits per heavy atom. The van der Waals surface area contributed by atoms with Crippen LogP contribution >= 0.6 is 0 Å². The van der Waals surface area contributed by atoms with Gasteiger partial charge in [0.1, 0.15) is 0 Å². The van der Waals surface area contributed by atoms with Gasteiger partial charge in [-0.3, -0.25) is 0 Å². The summed E-state index contributed by atoms with van der Waals surface area (Å²) in [6.07, 6.45) is 6.00. The van der Waals surface area contributed by atoms with Gasteiger partial charge in [0, 0.05) is 0 Å². The maximum Gasteiger partial charge on any atom is 0.155 e. The highest BCUT2D eigenvalue weighted by molar-refractivity contribution is 7.92. The highest BCUT2D eigenvalue weighted by Crippen LogP contribution is 2.33. The minimum Gasteiger partial charge on any atom is -0.319 e. The highest BCUT2D eigenvalue weighted by atomic mass is 32.2. The van der Waals surface area contributed by atoms with Crippen molar-refractivity contribution in [3.63, 3.8) is 0 Å². The fraction of sp³-hybridized carbons (Fsp3) is 1.00. The second-order valence-corrected chi connectivity index (χ2v) is 9.44. The fourth-order valence-corrected chi connectivity index (χ4v) is 4.03. The molecule has 18 heavy (non-hydrogen) atoms. The Morgan fingerprint density at radius 1 is 1.22 bits per heavy atom. The number of nitrogens with one attached hydrogen (secondary N) is 1. The molecule has 0 heterocycles. The molecule has 108 valence electrons. The lowest BCUT2D eigenvalue weighted by Crippen LogP contribution is -2.33. The number of sulfone groups is 1. The van der Waals surface area contributed by atoms with Crippen LogP contribution in [0.15, 0.2) is 0 Å². The summed E-state index contributed by atoms with van der Waals surface area (Å²) in [5, 5.41) is 3.22. The summed E-state index contributed by atoms with van der Waals surface area (Å²) < 4.78 is 23.7. The molecule has 0 radical (unpaired) electrons. The van der Waals surface area contributed by atoms with Crippen LogP contribution in [0.4, 0.5) is 0 Å². The van der Waals surface area contributed by atoms with Crippen molar-refractivity contribution < 1.29 is 8.42 Å². The van der Waals surface area contributed by atoms with Crippen molar-refractivity contribution in [1.82, 2.24) is 5.32 Å². The molecule has 0 bridgehead atoms. The summed E-state index contributed by atoms with van der Waals surface area (Å²) >= 11 is 0. The third-order valence-electron chi connectivity index (χ3n) is 4.22. The third-order valence-corrected chi connectivity index (χ3v) is 6.86. The van der Waals surface area contributed by atoms with E-state index in [2.05, 4.69) is 5.32 Å². The molecule has 4 heteroatoms. The van der Waals surface area contributed by atoms with E-state index in [-0.39, 0.29) is 0 Å². The van der Waals surface area contributed by atoms with E-state index in [0.717, 1.165) is 18.9 Å². The Labute approximate surface area is 113 Å². The topological polar surface area (TPSA) is 46.2 Å². The summed E-state index contributed by atoms with van der Waals surface area (Å²) in [5.41, 5.74) is 0. The molecule has 1 aliphatic carbocycles. The molecule has 0 saturated heterocycles. The first kappa shape index (κ1) is 16.0. The van der Waals surface area contributed by atoms with Gasteiger partial charge >= 0.3 is 0 Å². The van der Waals surface area contributed by atoms with E-state index in [1.54, 1.807) is 20.8 Å². The van der Waals surface area contributed by atoms with Crippen molar-refractivity contribution >= 4 is 9.84 Å². The molecule has 1 unspecified atom stereocenters. The van der Waals surface area contributed by atoms with Crippen LogP contribution < -0.4 is 5.32 Å². The van der Waals surface area contributed by atoms with Gasteiger partial charge in [-0.25, -0.2) is 8.42 Å². The molecule has 0 aliphatic heterocycles. The van der Waals surface area contributed by atoms with E-state index in [1.165, 1.54) is 25.7 Å². The van der Waals surface area contributed by atoms with Crippen LogP contribution in [0.5, 0.6) is 0 Å². The van der Waals surface area contributed by atoms with Gasteiger partial charge in [-0.05, 0) is 52.6 Å². The van der Waals surface area contributed by atoms with Gasteiger partial charge in [-0.1, -0.05) is 25.7 Å². The van der Waals surface area contributed by atoms with Gasteiger partial charge < -0.3 is 5.32 Å². The molecule has 0 spiro atoms. The predicted octanol–water partition coefficient (Wildman–Crippen LogP) is 2.62. The van der Waals surface area contributed by atoms with E-state index < -0.39 is 14.6 Å². The summed E-state index contributed by atoms with van der Waals surface area (Å²) in [6, 6.07) is 0. The number of hydrogen-bond donors (Lipinski definition) is 1. The summed E-state index contributed by atoms with van der Waals surface area (Å²) in [4.78, 5) is 0. The zero-order valence-electron chi connectivity index (χ0n) is 12.3. The van der Waals surface area contributed by atoms with Crippen molar-refractivity contribution in [3.8, 4) is 0 Å². The van der Waals surface area contributed by atoms with E-state index >= 15 is 0 Å². The molecule has 1 rings (SSSR count). The number of rotatable bonds is 6. The predicted molar refractivity (Wildman–Crippen MR) is 77.5 cm³/mol. The van der Waals surface area contributed by atoms with Crippen LogP contribution in [0.1, 0.15) is 52.9 Å². The first-order valence-electron chi connectivity index (χ1n) is 7.15. The second kappa shape index (κ2) is 6.38. The van der Waals surface area contributed by atoms with Crippen molar-refractivity contribution in [3.05, 3.63) is 0 Å². The monoisotopic (exact) mass is 275 g/mol. The van der Waals surface area contributed by atoms with Crippen LogP contribution in [0.25, 0.3) is 0 Å². The minimum absolute atomic E-state index is 0.333. The summed E-state index contributed by atoms with van der Waals surface area (Å²) in [5.74, 6) is 1.58. The maximum absolute atomic E-state index is 12.2. The van der Waals surface area contributed by atoms with Crippen LogP contribution in [0.3, 0.4) is 0 Å². The van der Waals surface area contributed by atoms with Gasteiger partial charge in [-0.2, -0.15) is 0 Å². The Hall–Kier alpha value is -0.0900. The molecule has 0 aromatic rings. The molecule has 1 saturated carbocycles. The van der Waals surface area contributed by atoms with Crippen LogP contribution in [-0.4, -0.2) is 32.5 Å². The first-order valence-corrected chi connectivity index (χ1v) is 8.80. The van der Waals surface area contributed by atoms with Crippen molar-refractivity contribution in [1.29, 1.82) is 0 Å². The van der Waals surface area contributed by atoms with Gasteiger partial charge in [0.2, 0.25) is 0 Å². The van der Waals surface area contributed by atoms with Crippen molar-refractivity contribution in [2.24, 2.45) is 11.8 Å². The van der Waals surface area contributed by atoms with Crippen LogP contribution in [0, 0.1) is 11.8 Å². The Bertz CT molecular complexity index is 337. The maximum atomic E-state index is 12.2. The molecule has 1 atom stereocenters. The molecule has 1 fully saturated rings. The smallest absolute Gasteiger partial charge is 0.155 e. The largest absolute Gasteiger partial charge is 0.319 e. The van der Waals surface area contributed by atoms with Gasteiger partial charge in [-0.15, -0.1) is 0 Å². The van der Waals surface area contributed by atoms with Gasteiger partial charge in [0.05, 0.1) is 10.5 Å². The zero-order valence-corrected chi connectivity index (χ0v) is 13.1. The van der Waals surface area contributed by atoms with E-state index in [1.807, 2.05) is 7.05 Å². The molecule has 0 aromatic heterocycles. The lowest BCUT2D eigenvalue weighted by Gasteiger charge is -2.25. The molecule has 0 aromatic carbocycles. The molecular formula is C14H29NO2S. The third kappa shape index (κ3) is 4.23. The standard InChI is InChI=1S/C14H29NO2S/c1-14(2,3)18(16,17)10-9-13(11-15-4)12-7-5-6-8-12/h12-13,15H,5-11H2,1-4H3. The molecule has 3 nitrogen and oxygen atoms in total. The van der Waals surface area contributed by atoms with E-state index in [4.69, 9.17) is 0 Å². The molecule has 1 N–H and O–H groups in total. The normalized spacial score (nSPS) is 20.2. The zero-order chi connectivity index (χ0) is 13.8.